The molecule has 2 atom stereocenters. The van der Waals surface area contributed by atoms with Crippen LogP contribution in [-0.2, 0) is 4.79 Å². The van der Waals surface area contributed by atoms with Gasteiger partial charge in [-0.2, -0.15) is 4.98 Å². The lowest BCUT2D eigenvalue weighted by Gasteiger charge is -2.32. The normalized spacial score (nSPS) is 17.5. The van der Waals surface area contributed by atoms with E-state index in [-0.39, 0.29) is 5.91 Å². The Balaban J connectivity index is 1.58. The van der Waals surface area contributed by atoms with Crippen molar-refractivity contribution < 1.29 is 14.8 Å². The first-order valence-corrected chi connectivity index (χ1v) is 9.91. The first-order valence-electron chi connectivity index (χ1n) is 9.91. The second-order valence-corrected chi connectivity index (χ2v) is 7.26. The van der Waals surface area contributed by atoms with Gasteiger partial charge in [0.2, 0.25) is 11.9 Å². The van der Waals surface area contributed by atoms with Gasteiger partial charge in [0.05, 0.1) is 0 Å². The van der Waals surface area contributed by atoms with E-state index in [1.807, 2.05) is 67.0 Å². The summed E-state index contributed by atoms with van der Waals surface area (Å²) < 4.78 is 1.77. The molecule has 0 saturated carbocycles. The van der Waals surface area contributed by atoms with E-state index >= 15 is 0 Å². The van der Waals surface area contributed by atoms with Crippen molar-refractivity contribution in [2.45, 2.75) is 6.04 Å². The fourth-order valence-corrected chi connectivity index (χ4v) is 3.78. The van der Waals surface area contributed by atoms with E-state index in [2.05, 4.69) is 32.2 Å². The van der Waals surface area contributed by atoms with E-state index in [0.717, 1.165) is 11.1 Å². The summed E-state index contributed by atoms with van der Waals surface area (Å²) in [6, 6.07) is 16.8. The summed E-state index contributed by atoms with van der Waals surface area (Å²) in [6.45, 7) is 4.14. The van der Waals surface area contributed by atoms with E-state index in [1.165, 1.54) is 0 Å². The number of hydrogen-bond acceptors (Lipinski definition) is 4. The van der Waals surface area contributed by atoms with Crippen molar-refractivity contribution in [2.24, 2.45) is 5.92 Å². The number of aromatic nitrogens is 5. The van der Waals surface area contributed by atoms with Crippen LogP contribution in [0.1, 0.15) is 11.6 Å². The highest BCUT2D eigenvalue weighted by atomic mass is 16.2. The topological polar surface area (TPSA) is 100 Å². The number of benzene rings is 1. The number of aromatic amines is 2. The molecule has 0 aliphatic carbocycles. The summed E-state index contributed by atoms with van der Waals surface area (Å²) in [5, 5.41) is 10.9. The number of anilines is 2. The molecular weight excluding hydrogens is 390 g/mol. The highest BCUT2D eigenvalue weighted by Crippen LogP contribution is 2.38. The molecule has 1 aromatic carbocycles. The van der Waals surface area contributed by atoms with Gasteiger partial charge in [-0.25, -0.2) is 14.6 Å². The molecule has 1 aliphatic rings. The van der Waals surface area contributed by atoms with Crippen LogP contribution in [0.15, 0.2) is 91.7 Å². The Kier molecular flexibility index (Phi) is 4.72. The Bertz CT molecular complexity index is 1220. The number of rotatable bonds is 4. The fourth-order valence-electron chi connectivity index (χ4n) is 3.78. The number of hydrogen-bond donors (Lipinski definition) is 2. The lowest BCUT2D eigenvalue weighted by Crippen LogP contribution is -2.40. The molecule has 1 amide bonds. The minimum Gasteiger partial charge on any atom is -0.328 e. The second-order valence-electron chi connectivity index (χ2n) is 7.26. The molecule has 0 fully saturated rings. The summed E-state index contributed by atoms with van der Waals surface area (Å²) in [4.78, 5) is 24.1. The largest absolute Gasteiger partial charge is 0.328 e. The monoisotopic (exact) mass is 411 g/mol. The van der Waals surface area contributed by atoms with Crippen molar-refractivity contribution in [3.8, 4) is 11.4 Å². The van der Waals surface area contributed by atoms with Crippen LogP contribution in [0.25, 0.3) is 11.4 Å². The maximum atomic E-state index is 13.4. The molecule has 8 heteroatoms. The van der Waals surface area contributed by atoms with E-state index in [9.17, 15) is 4.79 Å². The molecule has 4 aromatic rings. The molecule has 1 aliphatic heterocycles. The minimum atomic E-state index is -0.603. The molecule has 0 spiro atoms. The number of nitrogens with zero attached hydrogens (tertiary/aromatic N) is 3. The third-order valence-electron chi connectivity index (χ3n) is 5.22. The molecule has 0 bridgehead atoms. The predicted molar refractivity (Wildman–Crippen MR) is 114 cm³/mol. The van der Waals surface area contributed by atoms with Crippen molar-refractivity contribution in [1.29, 1.82) is 0 Å². The number of carbonyl (C=O) groups excluding carboxylic acids is 1. The summed E-state index contributed by atoms with van der Waals surface area (Å²) in [6.07, 6.45) is 7.21. The van der Waals surface area contributed by atoms with Gasteiger partial charge >= 0.3 is 0 Å². The van der Waals surface area contributed by atoms with Crippen molar-refractivity contribution in [3.63, 3.8) is 0 Å². The Morgan fingerprint density at radius 3 is 2.52 bits per heavy atom. The van der Waals surface area contributed by atoms with Crippen molar-refractivity contribution in [1.82, 2.24) is 14.8 Å². The number of fused-ring (bicyclic) bond motifs is 1. The van der Waals surface area contributed by atoms with Crippen LogP contribution in [0.4, 0.5) is 11.6 Å². The van der Waals surface area contributed by atoms with E-state index in [0.29, 0.717) is 23.2 Å². The molecular formula is C23H21N7O+2. The molecule has 0 radical (unpaired) electrons. The summed E-state index contributed by atoms with van der Waals surface area (Å²) in [5.41, 5.74) is 3.03. The van der Waals surface area contributed by atoms with Crippen molar-refractivity contribution in [3.05, 3.63) is 97.2 Å². The number of amides is 1. The molecule has 8 nitrogen and oxygen atoms in total. The van der Waals surface area contributed by atoms with Gasteiger partial charge < -0.3 is 10.6 Å². The van der Waals surface area contributed by atoms with Crippen molar-refractivity contribution >= 4 is 17.5 Å². The highest BCUT2D eigenvalue weighted by molar-refractivity contribution is 5.95. The first kappa shape index (κ1) is 18.7. The standard InChI is InChI=1S/C23H19N7O/c1-15-19(22(31)27-18-10-6-12-25-14-18)20(17-9-5-11-24-13-17)30-23(26-15)28-21(29-30)16-7-3-2-4-8-16/h2-14,19-20H,1H2,(H,27,31)(H,26,28,29)/p+2. The minimum absolute atomic E-state index is 0.187. The third-order valence-corrected chi connectivity index (χ3v) is 5.22. The predicted octanol–water partition coefficient (Wildman–Crippen LogP) is 2.36. The second kappa shape index (κ2) is 7.83. The van der Waals surface area contributed by atoms with Gasteiger partial charge in [0.15, 0.2) is 30.6 Å². The van der Waals surface area contributed by atoms with Crippen LogP contribution >= 0.6 is 0 Å². The van der Waals surface area contributed by atoms with Gasteiger partial charge in [-0.15, -0.1) is 5.10 Å². The SMILES string of the molecule is C=C1Nc2nc(-c3ccccc3)nn2C(c2ccc[nH+]c2)C1C(=O)Nc1ccc[nH+]c1. The summed E-state index contributed by atoms with van der Waals surface area (Å²) in [7, 11) is 0. The van der Waals surface area contributed by atoms with E-state index in [4.69, 9.17) is 5.10 Å². The molecule has 2 unspecified atom stereocenters. The van der Waals surface area contributed by atoms with Gasteiger partial charge in [0.25, 0.3) is 0 Å². The molecule has 5 rings (SSSR count). The number of H-pyrrole nitrogens is 2. The highest BCUT2D eigenvalue weighted by Gasteiger charge is 2.41. The van der Waals surface area contributed by atoms with Crippen molar-refractivity contribution in [2.75, 3.05) is 10.6 Å². The molecule has 152 valence electrons. The zero-order valence-electron chi connectivity index (χ0n) is 16.6. The lowest BCUT2D eigenvalue weighted by molar-refractivity contribution is -0.379. The smallest absolute Gasteiger partial charge is 0.236 e. The summed E-state index contributed by atoms with van der Waals surface area (Å²) >= 11 is 0. The quantitative estimate of drug-likeness (QED) is 0.538. The molecule has 3 aromatic heterocycles. The Morgan fingerprint density at radius 2 is 1.81 bits per heavy atom. The van der Waals surface area contributed by atoms with Crippen LogP contribution in [0.3, 0.4) is 0 Å². The van der Waals surface area contributed by atoms with Gasteiger partial charge in [-0.05, 0) is 12.1 Å². The Hall–Kier alpha value is -4.33. The van der Waals surface area contributed by atoms with Crippen LogP contribution in [0, 0.1) is 5.92 Å². The van der Waals surface area contributed by atoms with Gasteiger partial charge in [0.1, 0.15) is 17.6 Å². The van der Waals surface area contributed by atoms with Gasteiger partial charge in [0, 0.05) is 29.0 Å². The average molecular weight is 411 g/mol. The molecule has 4 heterocycles. The first-order chi connectivity index (χ1) is 15.2. The number of carbonyl (C=O) groups is 1. The number of nitrogens with one attached hydrogen (secondary N) is 4. The number of pyridine rings is 2. The zero-order chi connectivity index (χ0) is 21.2. The lowest BCUT2D eigenvalue weighted by atomic mass is 9.89. The molecule has 4 N–H and O–H groups in total. The van der Waals surface area contributed by atoms with Gasteiger partial charge in [-0.1, -0.05) is 36.9 Å². The summed E-state index contributed by atoms with van der Waals surface area (Å²) in [5.74, 6) is 0.344. The van der Waals surface area contributed by atoms with Crippen LogP contribution in [0.5, 0.6) is 0 Å². The van der Waals surface area contributed by atoms with E-state index < -0.39 is 12.0 Å². The molecule has 0 saturated heterocycles. The maximum absolute atomic E-state index is 13.4. The Labute approximate surface area is 178 Å². The third kappa shape index (κ3) is 3.55. The maximum Gasteiger partial charge on any atom is 0.236 e. The molecule has 31 heavy (non-hydrogen) atoms. The van der Waals surface area contributed by atoms with Crippen LogP contribution in [-0.4, -0.2) is 20.7 Å². The average Bonchev–Trinajstić information content (AvgIpc) is 3.23. The Morgan fingerprint density at radius 1 is 1.03 bits per heavy atom. The van der Waals surface area contributed by atoms with Crippen LogP contribution in [0.2, 0.25) is 0 Å². The van der Waals surface area contributed by atoms with E-state index in [1.54, 1.807) is 17.1 Å². The van der Waals surface area contributed by atoms with Crippen LogP contribution < -0.4 is 20.6 Å². The fraction of sp³-hybridized carbons (Fsp3) is 0.0870. The van der Waals surface area contributed by atoms with Gasteiger partial charge in [-0.3, -0.25) is 4.79 Å². The zero-order valence-corrected chi connectivity index (χ0v) is 16.6.